The highest BCUT2D eigenvalue weighted by Crippen LogP contribution is 2.37. The quantitative estimate of drug-likeness (QED) is 0.545. The van der Waals surface area contributed by atoms with Crippen LogP contribution < -0.4 is 14.8 Å². The maximum atomic E-state index is 6.05. The van der Waals surface area contributed by atoms with E-state index in [1.807, 2.05) is 30.3 Å². The number of halogens is 2. The second-order valence-corrected chi connectivity index (χ2v) is 8.37. The third kappa shape index (κ3) is 5.63. The molecule has 2 aromatic rings. The van der Waals surface area contributed by atoms with Gasteiger partial charge in [-0.2, -0.15) is 0 Å². The van der Waals surface area contributed by atoms with Crippen molar-refractivity contribution >= 4 is 27.5 Å². The zero-order valence-corrected chi connectivity index (χ0v) is 18.9. The van der Waals surface area contributed by atoms with E-state index in [2.05, 4.69) is 39.1 Å². The van der Waals surface area contributed by atoms with Crippen LogP contribution in [0, 0.1) is 0 Å². The normalized spacial score (nSPS) is 17.1. The number of methoxy groups -OCH3 is 1. The van der Waals surface area contributed by atoms with Crippen molar-refractivity contribution in [3.05, 3.63) is 57.0 Å². The molecule has 1 aliphatic heterocycles. The smallest absolute Gasteiger partial charge is 0.175 e. The molecule has 0 radical (unpaired) electrons. The molecule has 0 amide bonds. The van der Waals surface area contributed by atoms with Crippen molar-refractivity contribution in [2.75, 3.05) is 26.7 Å². The Morgan fingerprint density at radius 1 is 1.25 bits per heavy atom. The number of hydrogen-bond acceptors (Lipinski definition) is 4. The van der Waals surface area contributed by atoms with Crippen molar-refractivity contribution in [2.45, 2.75) is 39.0 Å². The number of ether oxygens (including phenoxy) is 2. The van der Waals surface area contributed by atoms with E-state index in [-0.39, 0.29) is 0 Å². The molecule has 0 saturated carbocycles. The number of benzene rings is 2. The van der Waals surface area contributed by atoms with Crippen molar-refractivity contribution in [3.8, 4) is 11.5 Å². The Balaban J connectivity index is 1.60. The first-order valence-electron chi connectivity index (χ1n) is 9.79. The average Bonchev–Trinajstić information content (AvgIpc) is 3.14. The highest BCUT2D eigenvalue weighted by Gasteiger charge is 2.22. The first-order chi connectivity index (χ1) is 13.6. The van der Waals surface area contributed by atoms with Gasteiger partial charge in [0.1, 0.15) is 6.61 Å². The van der Waals surface area contributed by atoms with Crippen LogP contribution in [-0.4, -0.2) is 37.7 Å². The minimum atomic E-state index is 0.432. The highest BCUT2D eigenvalue weighted by molar-refractivity contribution is 9.10. The fourth-order valence-corrected chi connectivity index (χ4v) is 4.54. The molecule has 2 aromatic carbocycles. The summed E-state index contributed by atoms with van der Waals surface area (Å²) in [7, 11) is 1.67. The van der Waals surface area contributed by atoms with Gasteiger partial charge < -0.3 is 14.8 Å². The van der Waals surface area contributed by atoms with Crippen molar-refractivity contribution in [1.29, 1.82) is 0 Å². The van der Waals surface area contributed by atoms with E-state index >= 15 is 0 Å². The maximum absolute atomic E-state index is 6.05. The van der Waals surface area contributed by atoms with E-state index in [0.717, 1.165) is 35.4 Å². The number of likely N-dealkylation sites (N-methyl/N-ethyl adjacent to an activating group) is 1. The lowest BCUT2D eigenvalue weighted by Crippen LogP contribution is -2.37. The minimum absolute atomic E-state index is 0.432. The fraction of sp³-hybridized carbons (Fsp3) is 0.455. The zero-order chi connectivity index (χ0) is 19.9. The van der Waals surface area contributed by atoms with Gasteiger partial charge in [-0.1, -0.05) is 30.7 Å². The van der Waals surface area contributed by atoms with Gasteiger partial charge in [-0.05, 0) is 77.3 Å². The maximum Gasteiger partial charge on any atom is 0.175 e. The van der Waals surface area contributed by atoms with E-state index in [9.17, 15) is 0 Å². The molecule has 1 heterocycles. The topological polar surface area (TPSA) is 33.7 Å². The average molecular weight is 468 g/mol. The predicted molar refractivity (Wildman–Crippen MR) is 118 cm³/mol. The van der Waals surface area contributed by atoms with E-state index < -0.39 is 0 Å². The molecule has 1 saturated heterocycles. The Morgan fingerprint density at radius 2 is 2.11 bits per heavy atom. The van der Waals surface area contributed by atoms with Crippen LogP contribution in [0.25, 0.3) is 0 Å². The third-order valence-corrected chi connectivity index (χ3v) is 6.00. The molecule has 3 rings (SSSR count). The summed E-state index contributed by atoms with van der Waals surface area (Å²) in [5, 5.41) is 4.30. The van der Waals surface area contributed by atoms with Gasteiger partial charge >= 0.3 is 0 Å². The Morgan fingerprint density at radius 3 is 2.86 bits per heavy atom. The second kappa shape index (κ2) is 10.5. The largest absolute Gasteiger partial charge is 0.493 e. The standard InChI is InChI=1S/C22H28BrClN2O2/c1-3-26-9-5-8-19(26)14-25-13-17-11-20(23)22(21(12-17)27-2)28-15-16-6-4-7-18(24)10-16/h4,6-7,10-12,19,25H,3,5,8-9,13-15H2,1-2H3/t19-/m0/s1. The summed E-state index contributed by atoms with van der Waals surface area (Å²) in [6.07, 6.45) is 2.59. The molecule has 0 aliphatic carbocycles. The molecule has 4 nitrogen and oxygen atoms in total. The molecule has 1 N–H and O–H groups in total. The van der Waals surface area contributed by atoms with Crippen LogP contribution in [-0.2, 0) is 13.2 Å². The zero-order valence-electron chi connectivity index (χ0n) is 16.5. The lowest BCUT2D eigenvalue weighted by molar-refractivity contribution is 0.259. The van der Waals surface area contributed by atoms with Crippen molar-refractivity contribution in [3.63, 3.8) is 0 Å². The first-order valence-corrected chi connectivity index (χ1v) is 11.0. The number of nitrogens with zero attached hydrogens (tertiary/aromatic N) is 1. The van der Waals surface area contributed by atoms with Crippen LogP contribution in [0.15, 0.2) is 40.9 Å². The SMILES string of the molecule is CCN1CCC[C@H]1CNCc1cc(Br)c(OCc2cccc(Cl)c2)c(OC)c1. The lowest BCUT2D eigenvalue weighted by atomic mass is 10.1. The fourth-order valence-electron chi connectivity index (χ4n) is 3.72. The van der Waals surface area contributed by atoms with Gasteiger partial charge in [0.15, 0.2) is 11.5 Å². The van der Waals surface area contributed by atoms with Crippen LogP contribution in [0.2, 0.25) is 5.02 Å². The lowest BCUT2D eigenvalue weighted by Gasteiger charge is -2.23. The number of nitrogens with one attached hydrogen (secondary N) is 1. The van der Waals surface area contributed by atoms with E-state index in [4.69, 9.17) is 21.1 Å². The van der Waals surface area contributed by atoms with Crippen LogP contribution in [0.1, 0.15) is 30.9 Å². The number of likely N-dealkylation sites (tertiary alicyclic amines) is 1. The Labute approximate surface area is 181 Å². The highest BCUT2D eigenvalue weighted by atomic mass is 79.9. The second-order valence-electron chi connectivity index (χ2n) is 7.08. The molecule has 0 spiro atoms. The van der Waals surface area contributed by atoms with Gasteiger partial charge in [-0.15, -0.1) is 0 Å². The van der Waals surface area contributed by atoms with Gasteiger partial charge in [-0.3, -0.25) is 4.90 Å². The molecular formula is C22H28BrClN2O2. The monoisotopic (exact) mass is 466 g/mol. The summed E-state index contributed by atoms with van der Waals surface area (Å²) in [5.41, 5.74) is 2.18. The van der Waals surface area contributed by atoms with Gasteiger partial charge in [0.25, 0.3) is 0 Å². The van der Waals surface area contributed by atoms with Crippen LogP contribution in [0.4, 0.5) is 0 Å². The molecule has 1 aliphatic rings. The third-order valence-electron chi connectivity index (χ3n) is 5.18. The summed E-state index contributed by atoms with van der Waals surface area (Å²) in [6, 6.07) is 12.5. The molecule has 0 bridgehead atoms. The van der Waals surface area contributed by atoms with Crippen LogP contribution in [0.3, 0.4) is 0 Å². The van der Waals surface area contributed by atoms with Crippen LogP contribution in [0.5, 0.6) is 11.5 Å². The molecule has 1 fully saturated rings. The van der Waals surface area contributed by atoms with Crippen LogP contribution >= 0.6 is 27.5 Å². The molecule has 6 heteroatoms. The summed E-state index contributed by atoms with van der Waals surface area (Å²) < 4.78 is 12.5. The van der Waals surface area contributed by atoms with Gasteiger partial charge in [-0.25, -0.2) is 0 Å². The summed E-state index contributed by atoms with van der Waals surface area (Å²) in [5.74, 6) is 1.43. The molecular weight excluding hydrogens is 440 g/mol. The van der Waals surface area contributed by atoms with Crippen molar-refractivity contribution in [2.24, 2.45) is 0 Å². The Kier molecular flexibility index (Phi) is 8.03. The molecule has 28 heavy (non-hydrogen) atoms. The van der Waals surface area contributed by atoms with Gasteiger partial charge in [0.2, 0.25) is 0 Å². The summed E-state index contributed by atoms with van der Waals surface area (Å²) >= 11 is 9.69. The Hall–Kier alpha value is -1.27. The molecule has 0 unspecified atom stereocenters. The summed E-state index contributed by atoms with van der Waals surface area (Å²) in [4.78, 5) is 2.55. The number of hydrogen-bond donors (Lipinski definition) is 1. The molecule has 152 valence electrons. The van der Waals surface area contributed by atoms with Crippen molar-refractivity contribution < 1.29 is 9.47 Å². The summed E-state index contributed by atoms with van der Waals surface area (Å²) in [6.45, 7) is 6.84. The first kappa shape index (κ1) is 21.4. The Bertz CT molecular complexity index is 787. The number of rotatable bonds is 9. The van der Waals surface area contributed by atoms with E-state index in [1.54, 1.807) is 7.11 Å². The molecule has 1 atom stereocenters. The molecule has 0 aromatic heterocycles. The minimum Gasteiger partial charge on any atom is -0.493 e. The van der Waals surface area contributed by atoms with Gasteiger partial charge in [0.05, 0.1) is 11.6 Å². The van der Waals surface area contributed by atoms with E-state index in [1.165, 1.54) is 24.9 Å². The van der Waals surface area contributed by atoms with Crippen molar-refractivity contribution in [1.82, 2.24) is 10.2 Å². The van der Waals surface area contributed by atoms with Gasteiger partial charge in [0, 0.05) is 24.2 Å². The van der Waals surface area contributed by atoms with E-state index in [0.29, 0.717) is 23.4 Å². The predicted octanol–water partition coefficient (Wildman–Crippen LogP) is 5.26.